The largest absolute Gasteiger partial charge is 0.271 e. The van der Waals surface area contributed by atoms with E-state index in [4.69, 9.17) is 0 Å². The molecule has 124 valence electrons. The standard InChI is InChI=1S/C14H20N6O2S/c1-6-19-9-12(10(2)16-19)23(21,22)18-13-11(7-15)8-20(17-13)14(3,4)5/h8-9H,6H2,1-5H3,(H,17,18). The third kappa shape index (κ3) is 3.37. The number of anilines is 1. The average molecular weight is 336 g/mol. The van der Waals surface area contributed by atoms with E-state index in [1.165, 1.54) is 12.4 Å². The molecule has 2 heterocycles. The van der Waals surface area contributed by atoms with E-state index < -0.39 is 10.0 Å². The van der Waals surface area contributed by atoms with Crippen LogP contribution in [0.5, 0.6) is 0 Å². The summed E-state index contributed by atoms with van der Waals surface area (Å²) in [6.07, 6.45) is 2.99. The predicted molar refractivity (Wildman–Crippen MR) is 85.4 cm³/mol. The summed E-state index contributed by atoms with van der Waals surface area (Å²) in [6.45, 7) is 9.80. The molecule has 0 saturated heterocycles. The van der Waals surface area contributed by atoms with E-state index in [0.717, 1.165) is 0 Å². The molecule has 8 nitrogen and oxygen atoms in total. The molecule has 0 unspecified atom stereocenters. The Morgan fingerprint density at radius 1 is 1.30 bits per heavy atom. The number of nitrogens with zero attached hydrogens (tertiary/aromatic N) is 5. The fourth-order valence-electron chi connectivity index (χ4n) is 1.98. The first-order valence-corrected chi connectivity index (χ1v) is 8.64. The molecule has 1 N–H and O–H groups in total. The van der Waals surface area contributed by atoms with Gasteiger partial charge in [-0.15, -0.1) is 0 Å². The Morgan fingerprint density at radius 2 is 1.96 bits per heavy atom. The highest BCUT2D eigenvalue weighted by Gasteiger charge is 2.25. The smallest absolute Gasteiger partial charge is 0.266 e. The second-order valence-electron chi connectivity index (χ2n) is 6.16. The Bertz CT molecular complexity index is 864. The topological polar surface area (TPSA) is 106 Å². The molecule has 0 fully saturated rings. The van der Waals surface area contributed by atoms with Gasteiger partial charge in [0.25, 0.3) is 10.0 Å². The summed E-state index contributed by atoms with van der Waals surface area (Å²) in [4.78, 5) is 0.0774. The number of rotatable bonds is 4. The van der Waals surface area contributed by atoms with Crippen molar-refractivity contribution in [2.45, 2.75) is 51.6 Å². The van der Waals surface area contributed by atoms with Gasteiger partial charge < -0.3 is 0 Å². The molecule has 0 aromatic carbocycles. The van der Waals surface area contributed by atoms with Crippen LogP contribution in [-0.2, 0) is 22.1 Å². The van der Waals surface area contributed by atoms with Crippen molar-refractivity contribution in [3.05, 3.63) is 23.7 Å². The summed E-state index contributed by atoms with van der Waals surface area (Å²) in [5.41, 5.74) is 0.204. The first-order valence-electron chi connectivity index (χ1n) is 7.15. The first kappa shape index (κ1) is 17.0. The number of nitriles is 1. The number of nitrogens with one attached hydrogen (secondary N) is 1. The molecule has 2 aromatic heterocycles. The van der Waals surface area contributed by atoms with E-state index in [-0.39, 0.29) is 21.8 Å². The van der Waals surface area contributed by atoms with Crippen LogP contribution < -0.4 is 4.72 Å². The van der Waals surface area contributed by atoms with E-state index in [1.807, 2.05) is 33.8 Å². The van der Waals surface area contributed by atoms with Crippen molar-refractivity contribution >= 4 is 15.8 Å². The highest BCUT2D eigenvalue weighted by atomic mass is 32.2. The lowest BCUT2D eigenvalue weighted by Gasteiger charge is -2.18. The van der Waals surface area contributed by atoms with Gasteiger partial charge in [0.1, 0.15) is 16.5 Å². The number of sulfonamides is 1. The van der Waals surface area contributed by atoms with Crippen molar-refractivity contribution in [2.24, 2.45) is 0 Å². The number of aryl methyl sites for hydroxylation is 2. The Hall–Kier alpha value is -2.34. The fourth-order valence-corrected chi connectivity index (χ4v) is 3.19. The molecule has 0 bridgehead atoms. The molecule has 9 heteroatoms. The zero-order valence-electron chi connectivity index (χ0n) is 13.8. The highest BCUT2D eigenvalue weighted by Crippen LogP contribution is 2.23. The Labute approximate surface area is 135 Å². The fraction of sp³-hybridized carbons (Fsp3) is 0.500. The molecule has 23 heavy (non-hydrogen) atoms. The maximum Gasteiger partial charge on any atom is 0.266 e. The van der Waals surface area contributed by atoms with Gasteiger partial charge in [-0.2, -0.15) is 15.5 Å². The summed E-state index contributed by atoms with van der Waals surface area (Å²) in [5, 5.41) is 17.5. The Balaban J connectivity index is 2.43. The van der Waals surface area contributed by atoms with Crippen molar-refractivity contribution in [1.82, 2.24) is 19.6 Å². The lowest BCUT2D eigenvalue weighted by Crippen LogP contribution is -2.22. The van der Waals surface area contributed by atoms with Gasteiger partial charge in [-0.3, -0.25) is 14.1 Å². The molecular formula is C14H20N6O2S. The summed E-state index contributed by atoms with van der Waals surface area (Å²) in [6, 6.07) is 1.96. The van der Waals surface area contributed by atoms with Crippen LogP contribution in [0.3, 0.4) is 0 Å². The maximum atomic E-state index is 12.6. The van der Waals surface area contributed by atoms with Crippen LogP contribution in [0.1, 0.15) is 39.0 Å². The molecule has 0 spiro atoms. The summed E-state index contributed by atoms with van der Waals surface area (Å²) in [5.74, 6) is 0.0195. The second kappa shape index (κ2) is 5.70. The van der Waals surface area contributed by atoms with Crippen LogP contribution >= 0.6 is 0 Å². The zero-order valence-corrected chi connectivity index (χ0v) is 14.6. The van der Waals surface area contributed by atoms with Crippen LogP contribution in [0.2, 0.25) is 0 Å². The minimum absolute atomic E-state index is 0.0195. The molecule has 0 radical (unpaired) electrons. The normalized spacial score (nSPS) is 12.2. The van der Waals surface area contributed by atoms with Crippen molar-refractivity contribution in [3.63, 3.8) is 0 Å². The van der Waals surface area contributed by atoms with E-state index in [0.29, 0.717) is 12.2 Å². The lowest BCUT2D eigenvalue weighted by atomic mass is 10.1. The Morgan fingerprint density at radius 3 is 2.43 bits per heavy atom. The summed E-state index contributed by atoms with van der Waals surface area (Å²) >= 11 is 0. The van der Waals surface area contributed by atoms with Crippen LogP contribution in [-0.4, -0.2) is 28.0 Å². The van der Waals surface area contributed by atoms with Crippen LogP contribution in [0, 0.1) is 18.3 Å². The van der Waals surface area contributed by atoms with Crippen LogP contribution in [0.25, 0.3) is 0 Å². The number of hydrogen-bond acceptors (Lipinski definition) is 5. The van der Waals surface area contributed by atoms with Gasteiger partial charge in [-0.05, 0) is 34.6 Å². The molecule has 0 amide bonds. The molecule has 2 rings (SSSR count). The van der Waals surface area contributed by atoms with E-state index in [2.05, 4.69) is 14.9 Å². The van der Waals surface area contributed by atoms with Gasteiger partial charge in [0.2, 0.25) is 0 Å². The van der Waals surface area contributed by atoms with Crippen molar-refractivity contribution in [1.29, 1.82) is 5.26 Å². The van der Waals surface area contributed by atoms with Crippen LogP contribution in [0.15, 0.2) is 17.3 Å². The first-order chi connectivity index (χ1) is 10.6. The van der Waals surface area contributed by atoms with Crippen molar-refractivity contribution < 1.29 is 8.42 Å². The second-order valence-corrected chi connectivity index (χ2v) is 7.81. The maximum absolute atomic E-state index is 12.6. The van der Waals surface area contributed by atoms with Gasteiger partial charge in [-0.25, -0.2) is 8.42 Å². The van der Waals surface area contributed by atoms with Gasteiger partial charge in [0.15, 0.2) is 5.82 Å². The molecule has 0 aliphatic carbocycles. The monoisotopic (exact) mass is 336 g/mol. The number of aromatic nitrogens is 4. The third-order valence-corrected chi connectivity index (χ3v) is 4.71. The van der Waals surface area contributed by atoms with Crippen molar-refractivity contribution in [3.8, 4) is 6.07 Å². The lowest BCUT2D eigenvalue weighted by molar-refractivity contribution is 0.356. The van der Waals surface area contributed by atoms with E-state index in [9.17, 15) is 13.7 Å². The van der Waals surface area contributed by atoms with Crippen molar-refractivity contribution in [2.75, 3.05) is 4.72 Å². The van der Waals surface area contributed by atoms with Gasteiger partial charge in [-0.1, -0.05) is 0 Å². The SMILES string of the molecule is CCn1cc(S(=O)(=O)Nc2nn(C(C)(C)C)cc2C#N)c(C)n1. The Kier molecular flexibility index (Phi) is 4.22. The molecular weight excluding hydrogens is 316 g/mol. The molecule has 0 aliphatic rings. The minimum atomic E-state index is -3.86. The quantitative estimate of drug-likeness (QED) is 0.917. The summed E-state index contributed by atoms with van der Waals surface area (Å²) in [7, 11) is -3.86. The zero-order chi connectivity index (χ0) is 17.4. The predicted octanol–water partition coefficient (Wildman–Crippen LogP) is 1.84. The average Bonchev–Trinajstić information content (AvgIpc) is 3.01. The van der Waals surface area contributed by atoms with Gasteiger partial charge in [0.05, 0.1) is 11.2 Å². The van der Waals surface area contributed by atoms with E-state index in [1.54, 1.807) is 16.3 Å². The molecule has 0 atom stereocenters. The van der Waals surface area contributed by atoms with Crippen LogP contribution in [0.4, 0.5) is 5.82 Å². The highest BCUT2D eigenvalue weighted by molar-refractivity contribution is 7.92. The third-order valence-electron chi connectivity index (χ3n) is 3.27. The summed E-state index contributed by atoms with van der Waals surface area (Å²) < 4.78 is 30.6. The number of hydrogen-bond donors (Lipinski definition) is 1. The van der Waals surface area contributed by atoms with Gasteiger partial charge in [0, 0.05) is 18.9 Å². The molecule has 0 saturated carbocycles. The van der Waals surface area contributed by atoms with E-state index >= 15 is 0 Å². The minimum Gasteiger partial charge on any atom is -0.271 e. The molecule has 0 aliphatic heterocycles. The molecule has 2 aromatic rings. The van der Waals surface area contributed by atoms with Gasteiger partial charge >= 0.3 is 0 Å².